The molecule has 0 saturated carbocycles. The van der Waals surface area contributed by atoms with Gasteiger partial charge >= 0.3 is 0 Å². The number of nitriles is 1. The van der Waals surface area contributed by atoms with Crippen molar-refractivity contribution in [2.75, 3.05) is 18.5 Å². The van der Waals surface area contributed by atoms with Crippen molar-refractivity contribution in [2.45, 2.75) is 18.9 Å². The predicted molar refractivity (Wildman–Crippen MR) is 56.4 cm³/mol. The highest BCUT2D eigenvalue weighted by Gasteiger charge is 2.29. The van der Waals surface area contributed by atoms with E-state index in [1.54, 1.807) is 18.3 Å². The summed E-state index contributed by atoms with van der Waals surface area (Å²) in [6.45, 7) is 3.56. The third-order valence-electron chi connectivity index (χ3n) is 2.54. The topological polar surface area (TPSA) is 57.9 Å². The number of nitrogens with one attached hydrogen (secondary N) is 1. The molecule has 1 aliphatic heterocycles. The second kappa shape index (κ2) is 3.87. The zero-order valence-corrected chi connectivity index (χ0v) is 8.66. The Morgan fingerprint density at radius 1 is 1.67 bits per heavy atom. The van der Waals surface area contributed by atoms with Gasteiger partial charge in [-0.1, -0.05) is 0 Å². The van der Waals surface area contributed by atoms with Crippen LogP contribution in [0.5, 0.6) is 0 Å². The highest BCUT2D eigenvalue weighted by Crippen LogP contribution is 2.22. The van der Waals surface area contributed by atoms with Gasteiger partial charge in [0.05, 0.1) is 23.8 Å². The van der Waals surface area contributed by atoms with E-state index in [-0.39, 0.29) is 5.54 Å². The average Bonchev–Trinajstić information content (AvgIpc) is 2.65. The normalized spacial score (nSPS) is 24.8. The molecule has 1 unspecified atom stereocenters. The zero-order chi connectivity index (χ0) is 10.7. The first-order chi connectivity index (χ1) is 7.22. The molecule has 1 saturated heterocycles. The van der Waals surface area contributed by atoms with Crippen LogP contribution in [0.2, 0.25) is 0 Å². The number of ether oxygens (including phenoxy) is 1. The van der Waals surface area contributed by atoms with Crippen molar-refractivity contribution in [3.8, 4) is 6.07 Å². The van der Waals surface area contributed by atoms with E-state index < -0.39 is 0 Å². The van der Waals surface area contributed by atoms with E-state index in [9.17, 15) is 0 Å². The van der Waals surface area contributed by atoms with E-state index in [4.69, 9.17) is 10.00 Å². The molecule has 0 radical (unpaired) electrons. The summed E-state index contributed by atoms with van der Waals surface area (Å²) in [5, 5.41) is 12.1. The Balaban J connectivity index is 2.13. The zero-order valence-electron chi connectivity index (χ0n) is 8.66. The number of aromatic nitrogens is 1. The Morgan fingerprint density at radius 2 is 2.53 bits per heavy atom. The largest absolute Gasteiger partial charge is 0.379 e. The molecule has 2 heterocycles. The molecule has 1 atom stereocenters. The summed E-state index contributed by atoms with van der Waals surface area (Å²) in [6.07, 6.45) is 2.60. The number of anilines is 1. The average molecular weight is 203 g/mol. The van der Waals surface area contributed by atoms with Crippen molar-refractivity contribution in [3.63, 3.8) is 0 Å². The lowest BCUT2D eigenvalue weighted by atomic mass is 10.0. The molecule has 2 rings (SSSR count). The molecule has 1 aromatic rings. The van der Waals surface area contributed by atoms with Crippen LogP contribution in [-0.2, 0) is 4.74 Å². The van der Waals surface area contributed by atoms with E-state index >= 15 is 0 Å². The molecule has 0 bridgehead atoms. The summed E-state index contributed by atoms with van der Waals surface area (Å²) in [4.78, 5) is 4.18. The third-order valence-corrected chi connectivity index (χ3v) is 2.54. The van der Waals surface area contributed by atoms with E-state index in [0.717, 1.165) is 18.8 Å². The maximum absolute atomic E-state index is 8.76. The highest BCUT2D eigenvalue weighted by molar-refractivity contribution is 5.44. The van der Waals surface area contributed by atoms with Gasteiger partial charge in [0.1, 0.15) is 5.82 Å². The molecule has 1 aromatic heterocycles. The predicted octanol–water partition coefficient (Wildman–Crippen LogP) is 1.54. The minimum absolute atomic E-state index is 0.0545. The lowest BCUT2D eigenvalue weighted by Gasteiger charge is -2.24. The molecular weight excluding hydrogens is 190 g/mol. The van der Waals surface area contributed by atoms with Crippen LogP contribution in [0.25, 0.3) is 0 Å². The summed E-state index contributed by atoms with van der Waals surface area (Å²) < 4.78 is 5.33. The van der Waals surface area contributed by atoms with Crippen LogP contribution in [0.3, 0.4) is 0 Å². The molecule has 15 heavy (non-hydrogen) atoms. The van der Waals surface area contributed by atoms with Crippen molar-refractivity contribution >= 4 is 5.82 Å². The first-order valence-electron chi connectivity index (χ1n) is 4.94. The van der Waals surface area contributed by atoms with Gasteiger partial charge in [-0.15, -0.1) is 0 Å². The number of pyridine rings is 1. The standard InChI is InChI=1S/C11H13N3O/c1-11(3-5-15-8-11)14-10-6-9(7-12)2-4-13-10/h2,4,6H,3,5,8H2,1H3,(H,13,14). The fourth-order valence-corrected chi connectivity index (χ4v) is 1.64. The van der Waals surface area contributed by atoms with Gasteiger partial charge in [0.15, 0.2) is 0 Å². The van der Waals surface area contributed by atoms with Crippen molar-refractivity contribution in [3.05, 3.63) is 23.9 Å². The molecule has 0 amide bonds. The second-order valence-corrected chi connectivity index (χ2v) is 4.03. The van der Waals surface area contributed by atoms with Gasteiger partial charge in [0.2, 0.25) is 0 Å². The molecule has 4 nitrogen and oxygen atoms in total. The number of hydrogen-bond acceptors (Lipinski definition) is 4. The highest BCUT2D eigenvalue weighted by atomic mass is 16.5. The molecule has 1 aliphatic rings. The van der Waals surface area contributed by atoms with Gasteiger partial charge in [0.25, 0.3) is 0 Å². The first-order valence-corrected chi connectivity index (χ1v) is 4.94. The van der Waals surface area contributed by atoms with Crippen LogP contribution in [0.15, 0.2) is 18.3 Å². The van der Waals surface area contributed by atoms with Crippen molar-refractivity contribution < 1.29 is 4.74 Å². The quantitative estimate of drug-likeness (QED) is 0.792. The van der Waals surface area contributed by atoms with Crippen molar-refractivity contribution in [1.82, 2.24) is 4.98 Å². The minimum Gasteiger partial charge on any atom is -0.379 e. The van der Waals surface area contributed by atoms with Crippen molar-refractivity contribution in [1.29, 1.82) is 5.26 Å². The first kappa shape index (κ1) is 9.94. The van der Waals surface area contributed by atoms with Gasteiger partial charge in [-0.2, -0.15) is 5.26 Å². The van der Waals surface area contributed by atoms with Gasteiger partial charge in [-0.25, -0.2) is 4.98 Å². The Morgan fingerprint density at radius 3 is 3.20 bits per heavy atom. The molecule has 4 heteroatoms. The lowest BCUT2D eigenvalue weighted by Crippen LogP contribution is -2.35. The van der Waals surface area contributed by atoms with Gasteiger partial charge < -0.3 is 10.1 Å². The summed E-state index contributed by atoms with van der Waals surface area (Å²) in [6, 6.07) is 5.54. The van der Waals surface area contributed by atoms with E-state index in [1.165, 1.54) is 0 Å². The smallest absolute Gasteiger partial charge is 0.127 e. The van der Waals surface area contributed by atoms with Crippen molar-refractivity contribution in [2.24, 2.45) is 0 Å². The van der Waals surface area contributed by atoms with E-state index in [1.807, 2.05) is 0 Å². The molecule has 0 aliphatic carbocycles. The Hall–Kier alpha value is -1.60. The van der Waals surface area contributed by atoms with E-state index in [2.05, 4.69) is 23.3 Å². The fraction of sp³-hybridized carbons (Fsp3) is 0.455. The summed E-state index contributed by atoms with van der Waals surface area (Å²) in [7, 11) is 0. The van der Waals surface area contributed by atoms with Gasteiger partial charge in [-0.3, -0.25) is 0 Å². The molecule has 1 fully saturated rings. The molecule has 0 aromatic carbocycles. The molecule has 0 spiro atoms. The Bertz CT molecular complexity index is 391. The molecule has 1 N–H and O–H groups in total. The Labute approximate surface area is 88.9 Å². The summed E-state index contributed by atoms with van der Waals surface area (Å²) in [5.74, 6) is 0.738. The maximum atomic E-state index is 8.76. The van der Waals surface area contributed by atoms with Crippen LogP contribution >= 0.6 is 0 Å². The second-order valence-electron chi connectivity index (χ2n) is 4.03. The van der Waals surface area contributed by atoms with Crippen LogP contribution < -0.4 is 5.32 Å². The van der Waals surface area contributed by atoms with Crippen LogP contribution in [0.1, 0.15) is 18.9 Å². The van der Waals surface area contributed by atoms with Gasteiger partial charge in [-0.05, 0) is 25.5 Å². The van der Waals surface area contributed by atoms with Gasteiger partial charge in [0, 0.05) is 12.8 Å². The fourth-order valence-electron chi connectivity index (χ4n) is 1.64. The summed E-state index contributed by atoms with van der Waals surface area (Å²) in [5.41, 5.74) is 0.566. The lowest BCUT2D eigenvalue weighted by molar-refractivity contribution is 0.185. The van der Waals surface area contributed by atoms with Crippen LogP contribution in [0.4, 0.5) is 5.82 Å². The number of hydrogen-bond donors (Lipinski definition) is 1. The Kier molecular flexibility index (Phi) is 2.57. The molecule has 78 valence electrons. The monoisotopic (exact) mass is 203 g/mol. The number of nitrogens with zero attached hydrogens (tertiary/aromatic N) is 2. The van der Waals surface area contributed by atoms with E-state index in [0.29, 0.717) is 12.2 Å². The van der Waals surface area contributed by atoms with Crippen LogP contribution in [-0.4, -0.2) is 23.7 Å². The molecular formula is C11H13N3O. The summed E-state index contributed by atoms with van der Waals surface area (Å²) >= 11 is 0. The minimum atomic E-state index is -0.0545. The van der Waals surface area contributed by atoms with Crippen LogP contribution in [0, 0.1) is 11.3 Å². The maximum Gasteiger partial charge on any atom is 0.127 e. The SMILES string of the molecule is CC1(Nc2cc(C#N)ccn2)CCOC1. The third kappa shape index (κ3) is 2.25. The number of rotatable bonds is 2.